The van der Waals surface area contributed by atoms with Crippen LogP contribution >= 0.6 is 0 Å². The number of aromatic nitrogens is 1. The van der Waals surface area contributed by atoms with E-state index in [1.165, 1.54) is 16.6 Å². The number of carbonyl (C=O) groups excluding carboxylic acids is 2. The van der Waals surface area contributed by atoms with E-state index in [4.69, 9.17) is 0 Å². The molecule has 2 fully saturated rings. The summed E-state index contributed by atoms with van der Waals surface area (Å²) in [6, 6.07) is 1.52. The average Bonchev–Trinajstić information content (AvgIpc) is 3.39. The van der Waals surface area contributed by atoms with E-state index < -0.39 is 10.0 Å². The SMILES string of the molecule is CC(C)C(C)NC(=O)C1CCN(S(=O)(=O)c2c[nH]c(C(=O)N3CCCC3)c2)CC1. The topological polar surface area (TPSA) is 103 Å². The second-order valence-electron chi connectivity index (χ2n) is 8.47. The normalized spacial score (nSPS) is 20.2. The highest BCUT2D eigenvalue weighted by Gasteiger charge is 2.33. The highest BCUT2D eigenvalue weighted by Crippen LogP contribution is 2.25. The number of aromatic amines is 1. The first-order valence-corrected chi connectivity index (χ1v) is 11.9. The number of nitrogens with one attached hydrogen (secondary N) is 2. The van der Waals surface area contributed by atoms with Gasteiger partial charge in [-0.3, -0.25) is 9.59 Å². The zero-order valence-corrected chi connectivity index (χ0v) is 18.3. The minimum atomic E-state index is -3.68. The Bertz CT molecular complexity index is 834. The van der Waals surface area contributed by atoms with E-state index in [1.54, 1.807) is 4.90 Å². The number of nitrogens with zero attached hydrogens (tertiary/aromatic N) is 2. The highest BCUT2D eigenvalue weighted by atomic mass is 32.2. The van der Waals surface area contributed by atoms with Crippen LogP contribution in [0.3, 0.4) is 0 Å². The van der Waals surface area contributed by atoms with Crippen molar-refractivity contribution in [2.24, 2.45) is 11.8 Å². The van der Waals surface area contributed by atoms with Crippen molar-refractivity contribution in [3.05, 3.63) is 18.0 Å². The van der Waals surface area contributed by atoms with Gasteiger partial charge in [-0.1, -0.05) is 13.8 Å². The molecule has 1 aromatic rings. The van der Waals surface area contributed by atoms with Gasteiger partial charge >= 0.3 is 0 Å². The van der Waals surface area contributed by atoms with Crippen molar-refractivity contribution < 1.29 is 18.0 Å². The number of H-pyrrole nitrogens is 1. The Morgan fingerprint density at radius 2 is 1.72 bits per heavy atom. The van der Waals surface area contributed by atoms with Crippen LogP contribution in [0, 0.1) is 11.8 Å². The molecule has 0 radical (unpaired) electrons. The van der Waals surface area contributed by atoms with Crippen molar-refractivity contribution >= 4 is 21.8 Å². The van der Waals surface area contributed by atoms with Crippen molar-refractivity contribution in [2.75, 3.05) is 26.2 Å². The quantitative estimate of drug-likeness (QED) is 0.727. The summed E-state index contributed by atoms with van der Waals surface area (Å²) in [4.78, 5) is 29.6. The van der Waals surface area contributed by atoms with E-state index in [0.717, 1.165) is 12.8 Å². The molecule has 1 unspecified atom stereocenters. The van der Waals surface area contributed by atoms with Crippen molar-refractivity contribution in [2.45, 2.75) is 57.4 Å². The third-order valence-corrected chi connectivity index (χ3v) is 7.99. The Balaban J connectivity index is 1.60. The molecule has 2 aliphatic rings. The largest absolute Gasteiger partial charge is 0.356 e. The van der Waals surface area contributed by atoms with Gasteiger partial charge in [-0.2, -0.15) is 4.31 Å². The summed E-state index contributed by atoms with van der Waals surface area (Å²) in [7, 11) is -3.68. The van der Waals surface area contributed by atoms with E-state index in [-0.39, 0.29) is 28.7 Å². The molecule has 2 amide bonds. The van der Waals surface area contributed by atoms with Gasteiger partial charge in [0, 0.05) is 44.3 Å². The van der Waals surface area contributed by atoms with Crippen LogP contribution in [0.5, 0.6) is 0 Å². The Morgan fingerprint density at radius 1 is 1.10 bits per heavy atom. The summed E-state index contributed by atoms with van der Waals surface area (Å²) < 4.78 is 27.3. The van der Waals surface area contributed by atoms with Gasteiger partial charge in [-0.25, -0.2) is 8.42 Å². The number of sulfonamides is 1. The average molecular weight is 425 g/mol. The molecule has 1 atom stereocenters. The molecule has 29 heavy (non-hydrogen) atoms. The van der Waals surface area contributed by atoms with E-state index in [9.17, 15) is 18.0 Å². The molecule has 9 heteroatoms. The van der Waals surface area contributed by atoms with Crippen LogP contribution in [0.1, 0.15) is 56.9 Å². The fourth-order valence-corrected chi connectivity index (χ4v) is 5.22. The summed E-state index contributed by atoms with van der Waals surface area (Å²) in [5.41, 5.74) is 0.308. The number of piperidine rings is 1. The Hall–Kier alpha value is -1.87. The van der Waals surface area contributed by atoms with Crippen LogP contribution in [0.2, 0.25) is 0 Å². The molecule has 0 spiro atoms. The van der Waals surface area contributed by atoms with Gasteiger partial charge in [0.15, 0.2) is 0 Å². The molecule has 3 rings (SSSR count). The molecule has 0 aromatic carbocycles. The number of likely N-dealkylation sites (tertiary alicyclic amines) is 1. The number of hydrogen-bond donors (Lipinski definition) is 2. The fraction of sp³-hybridized carbons (Fsp3) is 0.700. The summed E-state index contributed by atoms with van der Waals surface area (Å²) in [6.07, 6.45) is 4.35. The molecular weight excluding hydrogens is 392 g/mol. The molecule has 0 saturated carbocycles. The van der Waals surface area contributed by atoms with E-state index in [2.05, 4.69) is 24.1 Å². The maximum atomic E-state index is 13.0. The second-order valence-corrected chi connectivity index (χ2v) is 10.4. The molecule has 1 aromatic heterocycles. The van der Waals surface area contributed by atoms with Crippen molar-refractivity contribution in [1.82, 2.24) is 19.5 Å². The smallest absolute Gasteiger partial charge is 0.270 e. The highest BCUT2D eigenvalue weighted by molar-refractivity contribution is 7.89. The van der Waals surface area contributed by atoms with Gasteiger partial charge in [0.2, 0.25) is 15.9 Å². The number of carbonyl (C=O) groups is 2. The predicted molar refractivity (Wildman–Crippen MR) is 110 cm³/mol. The molecule has 8 nitrogen and oxygen atoms in total. The Labute approximate surface area is 173 Å². The first-order chi connectivity index (χ1) is 13.7. The number of hydrogen-bond acceptors (Lipinski definition) is 4. The maximum absolute atomic E-state index is 13.0. The standard InChI is InChI=1S/C20H32N4O4S/c1-14(2)15(3)22-19(25)16-6-10-24(11-7-16)29(27,28)17-12-18(21-13-17)20(26)23-8-4-5-9-23/h12-16,21H,4-11H2,1-3H3,(H,22,25). The third kappa shape index (κ3) is 4.83. The summed E-state index contributed by atoms with van der Waals surface area (Å²) in [6.45, 7) is 8.12. The van der Waals surface area contributed by atoms with Gasteiger partial charge in [-0.05, 0) is 44.6 Å². The molecule has 0 aliphatic carbocycles. The van der Waals surface area contributed by atoms with Gasteiger partial charge in [-0.15, -0.1) is 0 Å². The zero-order chi connectivity index (χ0) is 21.2. The lowest BCUT2D eigenvalue weighted by Gasteiger charge is -2.31. The van der Waals surface area contributed by atoms with Crippen LogP contribution < -0.4 is 5.32 Å². The summed E-state index contributed by atoms with van der Waals surface area (Å²) in [5.74, 6) is 0.0358. The number of rotatable bonds is 6. The first-order valence-electron chi connectivity index (χ1n) is 10.5. The fourth-order valence-electron chi connectivity index (χ4n) is 3.75. The molecule has 3 heterocycles. The van der Waals surface area contributed by atoms with Gasteiger partial charge < -0.3 is 15.2 Å². The molecule has 0 bridgehead atoms. The lowest BCUT2D eigenvalue weighted by molar-refractivity contribution is -0.127. The minimum absolute atomic E-state index is 0.00314. The zero-order valence-electron chi connectivity index (χ0n) is 17.5. The molecule has 162 valence electrons. The molecule has 2 N–H and O–H groups in total. The van der Waals surface area contributed by atoms with E-state index in [1.807, 2.05) is 6.92 Å². The lowest BCUT2D eigenvalue weighted by Crippen LogP contribution is -2.45. The Morgan fingerprint density at radius 3 is 2.31 bits per heavy atom. The maximum Gasteiger partial charge on any atom is 0.270 e. The Kier molecular flexibility index (Phi) is 6.68. The van der Waals surface area contributed by atoms with Crippen LogP contribution in [-0.4, -0.2) is 66.6 Å². The van der Waals surface area contributed by atoms with Gasteiger partial charge in [0.25, 0.3) is 5.91 Å². The predicted octanol–water partition coefficient (Wildman–Crippen LogP) is 1.81. The van der Waals surface area contributed by atoms with Gasteiger partial charge in [0.05, 0.1) is 0 Å². The van der Waals surface area contributed by atoms with Crippen LogP contribution in [0.25, 0.3) is 0 Å². The van der Waals surface area contributed by atoms with Crippen molar-refractivity contribution in [3.8, 4) is 0 Å². The minimum Gasteiger partial charge on any atom is -0.356 e. The van der Waals surface area contributed by atoms with E-state index in [0.29, 0.717) is 50.6 Å². The number of amides is 2. The van der Waals surface area contributed by atoms with Gasteiger partial charge in [0.1, 0.15) is 10.6 Å². The van der Waals surface area contributed by atoms with Crippen molar-refractivity contribution in [3.63, 3.8) is 0 Å². The summed E-state index contributed by atoms with van der Waals surface area (Å²) in [5, 5.41) is 3.02. The third-order valence-electron chi connectivity index (χ3n) is 6.11. The first kappa shape index (κ1) is 21.8. The monoisotopic (exact) mass is 424 g/mol. The van der Waals surface area contributed by atoms with E-state index >= 15 is 0 Å². The molecular formula is C20H32N4O4S. The van der Waals surface area contributed by atoms with Crippen LogP contribution in [-0.2, 0) is 14.8 Å². The van der Waals surface area contributed by atoms with Crippen molar-refractivity contribution in [1.29, 1.82) is 0 Å². The summed E-state index contributed by atoms with van der Waals surface area (Å²) >= 11 is 0. The molecule has 2 saturated heterocycles. The molecule has 2 aliphatic heterocycles. The second kappa shape index (κ2) is 8.87. The lowest BCUT2D eigenvalue weighted by atomic mass is 9.96. The van der Waals surface area contributed by atoms with Crippen LogP contribution in [0.4, 0.5) is 0 Å². The van der Waals surface area contributed by atoms with Crippen LogP contribution in [0.15, 0.2) is 17.2 Å².